The van der Waals surface area contributed by atoms with Crippen molar-refractivity contribution in [2.45, 2.75) is 77.4 Å². The van der Waals surface area contributed by atoms with Crippen LogP contribution < -0.4 is 0 Å². The number of methoxy groups -OCH3 is 1. The lowest BCUT2D eigenvalue weighted by Crippen LogP contribution is -2.57. The van der Waals surface area contributed by atoms with Crippen LogP contribution in [0, 0.1) is 52.3 Å². The Morgan fingerprint density at radius 2 is 1.90 bits per heavy atom. The molecule has 4 saturated carbocycles. The van der Waals surface area contributed by atoms with E-state index in [9.17, 15) is 5.11 Å². The van der Waals surface area contributed by atoms with Crippen LogP contribution in [0.3, 0.4) is 0 Å². The van der Waals surface area contributed by atoms with Crippen molar-refractivity contribution in [1.29, 1.82) is 0 Å². The second-order valence-corrected chi connectivity index (χ2v) is 11.8. The molecule has 3 unspecified atom stereocenters. The molecule has 1 aromatic heterocycles. The van der Waals surface area contributed by atoms with Gasteiger partial charge in [-0.05, 0) is 91.9 Å². The predicted octanol–water partition coefficient (Wildman–Crippen LogP) is 6.09. The molecule has 0 aromatic carbocycles. The van der Waals surface area contributed by atoms with Gasteiger partial charge in [-0.15, -0.1) is 11.3 Å². The van der Waals surface area contributed by atoms with Gasteiger partial charge >= 0.3 is 0 Å². The lowest BCUT2D eigenvalue weighted by atomic mass is 9.44. The summed E-state index contributed by atoms with van der Waals surface area (Å²) >= 11 is 1.75. The van der Waals surface area contributed by atoms with E-state index in [-0.39, 0.29) is 5.41 Å². The third-order valence-electron chi connectivity index (χ3n) is 10.0. The highest BCUT2D eigenvalue weighted by molar-refractivity contribution is 7.10. The summed E-state index contributed by atoms with van der Waals surface area (Å²) < 4.78 is 5.70. The van der Waals surface area contributed by atoms with Gasteiger partial charge in [-0.1, -0.05) is 31.8 Å². The lowest BCUT2D eigenvalue weighted by molar-refractivity contribution is -0.266. The molecule has 0 bridgehead atoms. The Labute approximate surface area is 180 Å². The van der Waals surface area contributed by atoms with E-state index in [0.29, 0.717) is 17.3 Å². The quantitative estimate of drug-likeness (QED) is 0.446. The highest BCUT2D eigenvalue weighted by Crippen LogP contribution is 2.68. The summed E-state index contributed by atoms with van der Waals surface area (Å²) in [6.07, 6.45) is 10.9. The molecule has 0 aliphatic heterocycles. The molecule has 4 aliphatic carbocycles. The Bertz CT molecular complexity index is 806. The summed E-state index contributed by atoms with van der Waals surface area (Å²) in [5.41, 5.74) is 0.411. The van der Waals surface area contributed by atoms with E-state index in [2.05, 4.69) is 43.2 Å². The SMILES string of the molecule is COC1(O)CC[C@H]2[C@@H]3CCC4CC(C#Cc5cccs5)CC[C@]4(C)[C@@H]3CC[C@@]21C. The molecule has 1 aromatic rings. The monoisotopic (exact) mass is 412 g/mol. The summed E-state index contributed by atoms with van der Waals surface area (Å²) in [5, 5.41) is 13.3. The fraction of sp³-hybridized carbons (Fsp3) is 0.769. The van der Waals surface area contributed by atoms with Crippen molar-refractivity contribution in [2.24, 2.45) is 40.4 Å². The van der Waals surface area contributed by atoms with E-state index in [0.717, 1.165) is 37.0 Å². The molecule has 0 radical (unpaired) electrons. The van der Waals surface area contributed by atoms with Crippen LogP contribution in [0.2, 0.25) is 0 Å². The maximum absolute atomic E-state index is 11.2. The van der Waals surface area contributed by atoms with Gasteiger partial charge in [0.1, 0.15) is 0 Å². The van der Waals surface area contributed by atoms with E-state index < -0.39 is 5.79 Å². The van der Waals surface area contributed by atoms with Crippen molar-refractivity contribution < 1.29 is 9.84 Å². The zero-order valence-electron chi connectivity index (χ0n) is 18.2. The zero-order valence-corrected chi connectivity index (χ0v) is 19.1. The number of aliphatic hydroxyl groups is 1. The number of hydrogen-bond donors (Lipinski definition) is 1. The average molecular weight is 413 g/mol. The average Bonchev–Trinajstić information content (AvgIpc) is 3.33. The fourth-order valence-corrected chi connectivity index (χ4v) is 8.80. The molecule has 5 rings (SSSR count). The van der Waals surface area contributed by atoms with Gasteiger partial charge in [0.05, 0.1) is 4.88 Å². The number of rotatable bonds is 1. The smallest absolute Gasteiger partial charge is 0.170 e. The van der Waals surface area contributed by atoms with Gasteiger partial charge in [-0.25, -0.2) is 0 Å². The Morgan fingerprint density at radius 1 is 1.07 bits per heavy atom. The number of hydrogen-bond acceptors (Lipinski definition) is 3. The Balaban J connectivity index is 1.34. The van der Waals surface area contributed by atoms with Crippen LogP contribution in [0.1, 0.15) is 76.5 Å². The van der Waals surface area contributed by atoms with Crippen LogP contribution in [-0.4, -0.2) is 18.0 Å². The molecule has 4 fully saturated rings. The highest BCUT2D eigenvalue weighted by Gasteiger charge is 2.65. The summed E-state index contributed by atoms with van der Waals surface area (Å²) in [5.74, 6) is 9.77. The van der Waals surface area contributed by atoms with E-state index in [1.165, 1.54) is 43.4 Å². The van der Waals surface area contributed by atoms with Gasteiger partial charge in [0.2, 0.25) is 0 Å². The van der Waals surface area contributed by atoms with Crippen LogP contribution in [0.5, 0.6) is 0 Å². The molecule has 158 valence electrons. The zero-order chi connectivity index (χ0) is 20.3. The molecule has 2 nitrogen and oxygen atoms in total. The van der Waals surface area contributed by atoms with Crippen molar-refractivity contribution in [3.63, 3.8) is 0 Å². The third-order valence-corrected chi connectivity index (χ3v) is 10.8. The topological polar surface area (TPSA) is 29.5 Å². The molecule has 3 heteroatoms. The normalized spacial score (nSPS) is 48.8. The van der Waals surface area contributed by atoms with Crippen molar-refractivity contribution in [3.05, 3.63) is 22.4 Å². The van der Waals surface area contributed by atoms with Gasteiger partial charge < -0.3 is 9.84 Å². The standard InChI is InChI=1S/C26H36O2S/c1-24-13-10-18(6-8-20-5-4-16-29-20)17-19(24)7-9-21-22(24)11-14-25(2)23(21)12-15-26(25,27)28-3/h4-5,16,18-19,21-23,27H,7,9-15,17H2,1-3H3/t18?,19?,21-,22-,23+,24+,25+,26?/m1/s1. The van der Waals surface area contributed by atoms with Crippen LogP contribution >= 0.6 is 11.3 Å². The first kappa shape index (κ1) is 20.1. The fourth-order valence-electron chi connectivity index (χ4n) is 8.22. The molecule has 0 saturated heterocycles. The largest absolute Gasteiger partial charge is 0.365 e. The van der Waals surface area contributed by atoms with Crippen LogP contribution in [0.25, 0.3) is 0 Å². The van der Waals surface area contributed by atoms with Crippen molar-refractivity contribution in [2.75, 3.05) is 7.11 Å². The van der Waals surface area contributed by atoms with Crippen molar-refractivity contribution >= 4 is 11.3 Å². The first-order valence-corrected chi connectivity index (χ1v) is 12.6. The van der Waals surface area contributed by atoms with Crippen molar-refractivity contribution in [1.82, 2.24) is 0 Å². The Kier molecular flexibility index (Phi) is 4.93. The van der Waals surface area contributed by atoms with Gasteiger partial charge in [0.15, 0.2) is 5.79 Å². The minimum Gasteiger partial charge on any atom is -0.365 e. The summed E-state index contributed by atoms with van der Waals surface area (Å²) in [6.45, 7) is 4.92. The van der Waals surface area contributed by atoms with Gasteiger partial charge in [-0.3, -0.25) is 0 Å². The Morgan fingerprint density at radius 3 is 2.66 bits per heavy atom. The predicted molar refractivity (Wildman–Crippen MR) is 118 cm³/mol. The second kappa shape index (κ2) is 7.11. The number of ether oxygens (including phenoxy) is 1. The molecule has 0 spiro atoms. The van der Waals surface area contributed by atoms with Crippen molar-refractivity contribution in [3.8, 4) is 11.8 Å². The van der Waals surface area contributed by atoms with Crippen LogP contribution in [0.15, 0.2) is 17.5 Å². The van der Waals surface area contributed by atoms with Crippen LogP contribution in [-0.2, 0) is 4.74 Å². The van der Waals surface area contributed by atoms with E-state index in [4.69, 9.17) is 4.74 Å². The lowest BCUT2D eigenvalue weighted by Gasteiger charge is -2.61. The minimum absolute atomic E-state index is 0.0600. The molecule has 8 atom stereocenters. The highest BCUT2D eigenvalue weighted by atomic mass is 32.1. The first-order chi connectivity index (χ1) is 13.9. The number of thiophene rings is 1. The van der Waals surface area contributed by atoms with E-state index in [1.807, 2.05) is 0 Å². The first-order valence-electron chi connectivity index (χ1n) is 11.7. The molecular formula is C26H36O2S. The van der Waals surface area contributed by atoms with Gasteiger partial charge in [0.25, 0.3) is 0 Å². The minimum atomic E-state index is -0.907. The molecular weight excluding hydrogens is 376 g/mol. The summed E-state index contributed by atoms with van der Waals surface area (Å²) in [6, 6.07) is 4.23. The maximum Gasteiger partial charge on any atom is 0.170 e. The van der Waals surface area contributed by atoms with Gasteiger partial charge in [0, 0.05) is 24.9 Å². The van der Waals surface area contributed by atoms with E-state index in [1.54, 1.807) is 18.4 Å². The molecule has 29 heavy (non-hydrogen) atoms. The summed E-state index contributed by atoms with van der Waals surface area (Å²) in [4.78, 5) is 1.21. The second-order valence-electron chi connectivity index (χ2n) is 10.9. The number of fused-ring (bicyclic) bond motifs is 5. The molecule has 1 heterocycles. The van der Waals surface area contributed by atoms with E-state index >= 15 is 0 Å². The van der Waals surface area contributed by atoms with Gasteiger partial charge in [-0.2, -0.15) is 0 Å². The maximum atomic E-state index is 11.2. The third kappa shape index (κ3) is 2.97. The summed E-state index contributed by atoms with van der Waals surface area (Å²) in [7, 11) is 1.70. The molecule has 1 N–H and O–H groups in total. The molecule has 0 amide bonds. The van der Waals surface area contributed by atoms with Crippen LogP contribution in [0.4, 0.5) is 0 Å². The molecule has 4 aliphatic rings. The Hall–Kier alpha value is -0.820.